The average Bonchev–Trinajstić information content (AvgIpc) is 2.89. The quantitative estimate of drug-likeness (QED) is 0.685. The number of anilines is 1. The lowest BCUT2D eigenvalue weighted by Crippen LogP contribution is -2.60. The molecule has 1 aliphatic carbocycles. The molecule has 2 heterocycles. The molecule has 0 saturated heterocycles. The van der Waals surface area contributed by atoms with Crippen molar-refractivity contribution in [1.82, 2.24) is 14.3 Å². The van der Waals surface area contributed by atoms with Crippen LogP contribution in [0.25, 0.3) is 0 Å². The molecular formula is C17H15F4N5O3S. The number of pyridine rings is 1. The molecule has 1 saturated carbocycles. The molecule has 0 bridgehead atoms. The Balaban J connectivity index is 1.89. The fraction of sp³-hybridized carbons (Fsp3) is 0.353. The van der Waals surface area contributed by atoms with Crippen molar-refractivity contribution in [3.8, 4) is 6.07 Å². The third-order valence-corrected chi connectivity index (χ3v) is 6.14. The Hall–Kier alpha value is -2.98. The molecule has 0 spiro atoms. The van der Waals surface area contributed by atoms with Gasteiger partial charge >= 0.3 is 0 Å². The minimum atomic E-state index is -4.57. The minimum Gasteiger partial charge on any atom is -0.343 e. The van der Waals surface area contributed by atoms with E-state index in [2.05, 4.69) is 4.98 Å². The zero-order valence-electron chi connectivity index (χ0n) is 15.6. The van der Waals surface area contributed by atoms with Gasteiger partial charge in [-0.2, -0.15) is 5.26 Å². The smallest absolute Gasteiger partial charge is 0.275 e. The Labute approximate surface area is 168 Å². The van der Waals surface area contributed by atoms with Gasteiger partial charge in [-0.15, -0.1) is 0 Å². The third kappa shape index (κ3) is 3.88. The van der Waals surface area contributed by atoms with Crippen LogP contribution in [0.5, 0.6) is 0 Å². The van der Waals surface area contributed by atoms with Crippen molar-refractivity contribution in [2.24, 2.45) is 7.05 Å². The van der Waals surface area contributed by atoms with E-state index in [1.807, 2.05) is 10.0 Å². The monoisotopic (exact) mass is 445 g/mol. The van der Waals surface area contributed by atoms with E-state index in [1.54, 1.807) is 0 Å². The Bertz CT molecular complexity index is 1180. The molecule has 0 radical (unpaired) electrons. The first-order valence-corrected chi connectivity index (χ1v) is 9.89. The molecule has 13 heteroatoms. The molecule has 2 aromatic rings. The molecule has 2 aromatic heterocycles. The maximum Gasteiger partial charge on any atom is 0.275 e. The van der Waals surface area contributed by atoms with Gasteiger partial charge in [-0.05, 0) is 13.0 Å². The number of amides is 1. The summed E-state index contributed by atoms with van der Waals surface area (Å²) in [5.74, 6) is -6.79. The lowest BCUT2D eigenvalue weighted by atomic mass is 9.76. The molecule has 8 nitrogen and oxygen atoms in total. The normalized spacial score (nSPS) is 17.1. The van der Waals surface area contributed by atoms with Crippen LogP contribution in [0.2, 0.25) is 0 Å². The summed E-state index contributed by atoms with van der Waals surface area (Å²) in [5.41, 5.74) is -3.26. The summed E-state index contributed by atoms with van der Waals surface area (Å²) in [6.45, 7) is 1.26. The maximum atomic E-state index is 14.8. The van der Waals surface area contributed by atoms with Crippen LogP contribution < -0.4 is 10.0 Å². The highest BCUT2D eigenvalue weighted by atomic mass is 32.2. The lowest BCUT2D eigenvalue weighted by Gasteiger charge is -2.44. The standard InChI is InChI=1S/C17H15F4N5O3S/c1-16(7-17(20,21)8-16)25-30(28,29)11-6-26(2)14(13(11)19)15(27)24-9-3-4-23-10(5-22)12(9)18/h3-4,6,25H,7-8H2,1-2H3,(H,23,24,27). The Morgan fingerprint density at radius 1 is 1.30 bits per heavy atom. The summed E-state index contributed by atoms with van der Waals surface area (Å²) < 4.78 is 83.1. The molecular weight excluding hydrogens is 430 g/mol. The van der Waals surface area contributed by atoms with Crippen molar-refractivity contribution >= 4 is 21.6 Å². The summed E-state index contributed by atoms with van der Waals surface area (Å²) in [5, 5.41) is 10.8. The van der Waals surface area contributed by atoms with Crippen LogP contribution in [0.4, 0.5) is 23.2 Å². The number of aryl methyl sites for hydroxylation is 1. The Kier molecular flexibility index (Phi) is 5.11. The van der Waals surface area contributed by atoms with Gasteiger partial charge in [0.05, 0.1) is 5.69 Å². The van der Waals surface area contributed by atoms with Gasteiger partial charge in [-0.3, -0.25) is 4.79 Å². The largest absolute Gasteiger partial charge is 0.343 e. The van der Waals surface area contributed by atoms with Gasteiger partial charge < -0.3 is 9.88 Å². The highest BCUT2D eigenvalue weighted by molar-refractivity contribution is 7.89. The molecule has 1 fully saturated rings. The Morgan fingerprint density at radius 2 is 1.93 bits per heavy atom. The van der Waals surface area contributed by atoms with Crippen LogP contribution >= 0.6 is 0 Å². The Morgan fingerprint density at radius 3 is 2.50 bits per heavy atom. The van der Waals surface area contributed by atoms with E-state index in [9.17, 15) is 30.8 Å². The summed E-state index contributed by atoms with van der Waals surface area (Å²) in [6, 6.07) is 2.51. The number of sulfonamides is 1. The van der Waals surface area contributed by atoms with Gasteiger partial charge in [0.25, 0.3) is 11.8 Å². The molecule has 3 rings (SSSR count). The number of aromatic nitrogens is 2. The van der Waals surface area contributed by atoms with Gasteiger partial charge in [0, 0.05) is 37.8 Å². The summed E-state index contributed by atoms with van der Waals surface area (Å²) in [7, 11) is -3.39. The predicted molar refractivity (Wildman–Crippen MR) is 95.1 cm³/mol. The molecule has 2 N–H and O–H groups in total. The van der Waals surface area contributed by atoms with Crippen molar-refractivity contribution in [2.75, 3.05) is 5.32 Å². The van der Waals surface area contributed by atoms with Crippen LogP contribution in [-0.2, 0) is 17.1 Å². The predicted octanol–water partition coefficient (Wildman–Crippen LogP) is 2.29. The van der Waals surface area contributed by atoms with Crippen LogP contribution in [0.15, 0.2) is 23.4 Å². The van der Waals surface area contributed by atoms with E-state index in [-0.39, 0.29) is 0 Å². The lowest BCUT2D eigenvalue weighted by molar-refractivity contribution is -0.121. The zero-order chi connectivity index (χ0) is 22.5. The number of hydrogen-bond donors (Lipinski definition) is 2. The molecule has 0 aromatic carbocycles. The molecule has 30 heavy (non-hydrogen) atoms. The van der Waals surface area contributed by atoms with Crippen molar-refractivity contribution < 1.29 is 30.8 Å². The number of carbonyl (C=O) groups is 1. The van der Waals surface area contributed by atoms with Crippen LogP contribution in [0, 0.1) is 23.0 Å². The molecule has 1 amide bonds. The first-order chi connectivity index (χ1) is 13.8. The van der Waals surface area contributed by atoms with Crippen molar-refractivity contribution in [3.05, 3.63) is 41.5 Å². The molecule has 0 unspecified atom stereocenters. The maximum absolute atomic E-state index is 14.8. The van der Waals surface area contributed by atoms with Crippen molar-refractivity contribution in [1.29, 1.82) is 5.26 Å². The number of halogens is 4. The number of alkyl halides is 2. The zero-order valence-corrected chi connectivity index (χ0v) is 16.4. The second kappa shape index (κ2) is 7.06. The second-order valence-electron chi connectivity index (χ2n) is 7.23. The highest BCUT2D eigenvalue weighted by Crippen LogP contribution is 2.46. The first kappa shape index (κ1) is 21.7. The van der Waals surface area contributed by atoms with Gasteiger partial charge in [0.1, 0.15) is 16.7 Å². The van der Waals surface area contributed by atoms with E-state index in [1.165, 1.54) is 20.0 Å². The van der Waals surface area contributed by atoms with Crippen LogP contribution in [0.1, 0.15) is 35.9 Å². The molecule has 0 atom stereocenters. The molecule has 160 valence electrons. The number of carbonyl (C=O) groups excluding carboxylic acids is 1. The fourth-order valence-electron chi connectivity index (χ4n) is 3.36. The topological polar surface area (TPSA) is 117 Å². The van der Waals surface area contributed by atoms with E-state index in [4.69, 9.17) is 5.26 Å². The number of rotatable bonds is 5. The average molecular weight is 445 g/mol. The van der Waals surface area contributed by atoms with E-state index < -0.39 is 73.8 Å². The summed E-state index contributed by atoms with van der Waals surface area (Å²) in [4.78, 5) is 15.0. The highest BCUT2D eigenvalue weighted by Gasteiger charge is 2.55. The van der Waals surface area contributed by atoms with Crippen LogP contribution in [-0.4, -0.2) is 35.3 Å². The van der Waals surface area contributed by atoms with Gasteiger partial charge in [-0.1, -0.05) is 0 Å². The van der Waals surface area contributed by atoms with Gasteiger partial charge in [-0.25, -0.2) is 35.7 Å². The summed E-state index contributed by atoms with van der Waals surface area (Å²) in [6.07, 6.45) is 0.358. The number of nitrogens with zero attached hydrogens (tertiary/aromatic N) is 3. The number of nitriles is 1. The summed E-state index contributed by atoms with van der Waals surface area (Å²) >= 11 is 0. The first-order valence-electron chi connectivity index (χ1n) is 8.41. The van der Waals surface area contributed by atoms with Crippen molar-refractivity contribution in [2.45, 2.75) is 36.1 Å². The SMILES string of the molecule is Cn1cc(S(=O)(=O)NC2(C)CC(F)(F)C2)c(F)c1C(=O)Nc1ccnc(C#N)c1F. The van der Waals surface area contributed by atoms with Gasteiger partial charge in [0.15, 0.2) is 17.3 Å². The van der Waals surface area contributed by atoms with Crippen molar-refractivity contribution in [3.63, 3.8) is 0 Å². The second-order valence-corrected chi connectivity index (χ2v) is 8.88. The van der Waals surface area contributed by atoms with E-state index in [0.29, 0.717) is 0 Å². The minimum absolute atomic E-state index is 0.459. The molecule has 1 aliphatic rings. The van der Waals surface area contributed by atoms with E-state index >= 15 is 0 Å². The number of nitrogens with one attached hydrogen (secondary N) is 2. The third-order valence-electron chi connectivity index (χ3n) is 4.51. The molecule has 0 aliphatic heterocycles. The fourth-order valence-corrected chi connectivity index (χ4v) is 4.89. The van der Waals surface area contributed by atoms with Crippen LogP contribution in [0.3, 0.4) is 0 Å². The number of hydrogen-bond acceptors (Lipinski definition) is 5. The van der Waals surface area contributed by atoms with E-state index in [0.717, 1.165) is 23.0 Å². The van der Waals surface area contributed by atoms with Gasteiger partial charge in [0.2, 0.25) is 10.0 Å².